The monoisotopic (exact) mass is 423 g/mol. The van der Waals surface area contributed by atoms with Gasteiger partial charge >= 0.3 is 35.8 Å². The minimum atomic E-state index is -7.89. The summed E-state index contributed by atoms with van der Waals surface area (Å²) < 4.78 is 169. The van der Waals surface area contributed by atoms with Crippen LogP contribution in [0.1, 0.15) is 11.1 Å². The van der Waals surface area contributed by atoms with Crippen molar-refractivity contribution >= 4 is 0 Å². The van der Waals surface area contributed by atoms with Crippen LogP contribution >= 0.6 is 0 Å². The van der Waals surface area contributed by atoms with Gasteiger partial charge in [0.15, 0.2) is 0 Å². The molecule has 0 unspecified atom stereocenters. The molecule has 0 aliphatic rings. The van der Waals surface area contributed by atoms with Crippen LogP contribution in [0.25, 0.3) is 0 Å². The second kappa shape index (κ2) is 6.43. The minimum absolute atomic E-state index is 0.0751. The lowest BCUT2D eigenvalue weighted by molar-refractivity contribution is -0.441. The molecule has 0 heterocycles. The van der Waals surface area contributed by atoms with E-state index in [4.69, 9.17) is 0 Å². The fraction of sp³-hybridized carbons (Fsp3) is 0.500. The Bertz CT molecular complexity index is 655. The van der Waals surface area contributed by atoms with Crippen molar-refractivity contribution in [2.45, 2.75) is 42.2 Å². The zero-order valence-corrected chi connectivity index (χ0v) is 12.6. The Balaban J connectivity index is 3.52. The molecular weight excluding hydrogens is 415 g/mol. The quantitative estimate of drug-likeness (QED) is 0.474. The third-order valence-corrected chi connectivity index (χ3v) is 3.54. The maximum Gasteiger partial charge on any atom is 0.460 e. The number of hydrogen-bond acceptors (Lipinski definition) is 0. The van der Waals surface area contributed by atoms with Crippen LogP contribution in [-0.4, -0.2) is 29.9 Å². The Kier molecular flexibility index (Phi) is 5.56. The Morgan fingerprint density at radius 2 is 0.926 bits per heavy atom. The molecule has 0 aromatic heterocycles. The van der Waals surface area contributed by atoms with Crippen LogP contribution in [0.5, 0.6) is 0 Å². The molecule has 0 aliphatic heterocycles. The second-order valence-electron chi connectivity index (χ2n) is 5.32. The minimum Gasteiger partial charge on any atom is -0.194 e. The van der Waals surface area contributed by atoms with Gasteiger partial charge in [0, 0.05) is 5.56 Å². The lowest BCUT2D eigenvalue weighted by Crippen LogP contribution is -2.69. The highest BCUT2D eigenvalue weighted by molar-refractivity contribution is 5.29. The standard InChI is InChI=1S/C14H8F13/c1-2-7-3-5-8(6-4-7)9(15,16)10(17,18)11(19,20)12(21,22)13(23,24)14(25,26)27/h3-6H,1-2H2. The Morgan fingerprint density at radius 3 is 1.26 bits per heavy atom. The highest BCUT2D eigenvalue weighted by atomic mass is 19.4. The topological polar surface area (TPSA) is 0 Å². The lowest BCUT2D eigenvalue weighted by Gasteiger charge is -2.39. The van der Waals surface area contributed by atoms with Gasteiger partial charge < -0.3 is 0 Å². The second-order valence-corrected chi connectivity index (χ2v) is 5.32. The summed E-state index contributed by atoms with van der Waals surface area (Å²) in [6, 6.07) is 1.55. The number of halogens is 13. The van der Waals surface area contributed by atoms with E-state index in [2.05, 4.69) is 6.92 Å². The Hall–Kier alpha value is -1.69. The van der Waals surface area contributed by atoms with Crippen LogP contribution in [0.3, 0.4) is 0 Å². The van der Waals surface area contributed by atoms with Gasteiger partial charge in [0.25, 0.3) is 0 Å². The summed E-state index contributed by atoms with van der Waals surface area (Å²) in [5.41, 5.74) is -1.88. The van der Waals surface area contributed by atoms with Crippen molar-refractivity contribution in [3.63, 3.8) is 0 Å². The highest BCUT2D eigenvalue weighted by Gasteiger charge is 2.90. The van der Waals surface area contributed by atoms with Crippen molar-refractivity contribution < 1.29 is 57.1 Å². The lowest BCUT2D eigenvalue weighted by atomic mass is 9.90. The van der Waals surface area contributed by atoms with Gasteiger partial charge in [-0.3, -0.25) is 0 Å². The third-order valence-electron chi connectivity index (χ3n) is 3.54. The SMILES string of the molecule is [CH2]Cc1ccc(C(F)(F)C(F)(F)C(F)(F)C(F)(F)C(F)(F)C(F)(F)F)cc1. The van der Waals surface area contributed by atoms with E-state index >= 15 is 0 Å². The maximum atomic E-state index is 13.8. The van der Waals surface area contributed by atoms with Crippen molar-refractivity contribution in [3.8, 4) is 0 Å². The molecule has 0 saturated carbocycles. The molecule has 13 heteroatoms. The van der Waals surface area contributed by atoms with Gasteiger partial charge in [-0.15, -0.1) is 0 Å². The van der Waals surface area contributed by atoms with E-state index in [1.165, 1.54) is 0 Å². The van der Waals surface area contributed by atoms with Gasteiger partial charge in [0.05, 0.1) is 0 Å². The summed E-state index contributed by atoms with van der Waals surface area (Å²) in [4.78, 5) is 0. The summed E-state index contributed by atoms with van der Waals surface area (Å²) >= 11 is 0. The summed E-state index contributed by atoms with van der Waals surface area (Å²) in [7, 11) is 0. The predicted octanol–water partition coefficient (Wildman–Crippen LogP) is 6.26. The van der Waals surface area contributed by atoms with Gasteiger partial charge in [-0.25, -0.2) is 0 Å². The first-order valence-corrected chi connectivity index (χ1v) is 6.63. The summed E-state index contributed by atoms with van der Waals surface area (Å²) in [6.07, 6.45) is -7.49. The highest BCUT2D eigenvalue weighted by Crippen LogP contribution is 2.61. The maximum absolute atomic E-state index is 13.8. The predicted molar refractivity (Wildman–Crippen MR) is 65.2 cm³/mol. The first kappa shape index (κ1) is 23.3. The molecule has 0 spiro atoms. The van der Waals surface area contributed by atoms with Crippen LogP contribution < -0.4 is 0 Å². The molecule has 1 radical (unpaired) electrons. The molecule has 0 amide bonds. The van der Waals surface area contributed by atoms with Crippen LogP contribution in [-0.2, 0) is 12.3 Å². The molecule has 0 fully saturated rings. The Labute approximate surface area is 143 Å². The molecule has 0 atom stereocenters. The first-order chi connectivity index (χ1) is 11.8. The Morgan fingerprint density at radius 1 is 0.556 bits per heavy atom. The van der Waals surface area contributed by atoms with Gasteiger partial charge in [-0.05, 0) is 18.9 Å². The average molecular weight is 423 g/mol. The molecule has 1 aromatic rings. The molecule has 0 aliphatic carbocycles. The van der Waals surface area contributed by atoms with E-state index < -0.39 is 41.4 Å². The normalized spacial score (nSPS) is 15.2. The van der Waals surface area contributed by atoms with Gasteiger partial charge in [0.1, 0.15) is 0 Å². The van der Waals surface area contributed by atoms with E-state index in [0.29, 0.717) is 12.1 Å². The van der Waals surface area contributed by atoms with Gasteiger partial charge in [-0.1, -0.05) is 24.3 Å². The van der Waals surface area contributed by atoms with E-state index in [0.717, 1.165) is 0 Å². The molecule has 0 saturated heterocycles. The van der Waals surface area contributed by atoms with E-state index in [1.807, 2.05) is 0 Å². The smallest absolute Gasteiger partial charge is 0.194 e. The molecule has 1 aromatic carbocycles. The zero-order valence-electron chi connectivity index (χ0n) is 12.6. The first-order valence-electron chi connectivity index (χ1n) is 6.63. The molecule has 0 nitrogen and oxygen atoms in total. The fourth-order valence-electron chi connectivity index (χ4n) is 1.83. The molecule has 27 heavy (non-hydrogen) atoms. The van der Waals surface area contributed by atoms with Crippen LogP contribution in [0.15, 0.2) is 24.3 Å². The molecule has 155 valence electrons. The van der Waals surface area contributed by atoms with E-state index in [1.54, 1.807) is 0 Å². The van der Waals surface area contributed by atoms with Crippen molar-refractivity contribution in [1.82, 2.24) is 0 Å². The van der Waals surface area contributed by atoms with Gasteiger partial charge in [-0.2, -0.15) is 57.1 Å². The largest absolute Gasteiger partial charge is 0.460 e. The van der Waals surface area contributed by atoms with E-state index in [9.17, 15) is 57.1 Å². The van der Waals surface area contributed by atoms with Crippen molar-refractivity contribution in [1.29, 1.82) is 0 Å². The number of rotatable bonds is 6. The number of alkyl halides is 13. The van der Waals surface area contributed by atoms with Crippen molar-refractivity contribution in [3.05, 3.63) is 42.3 Å². The van der Waals surface area contributed by atoms with Crippen LogP contribution in [0.2, 0.25) is 0 Å². The molecular formula is C14H8F13. The number of hydrogen-bond donors (Lipinski definition) is 0. The van der Waals surface area contributed by atoms with Crippen molar-refractivity contribution in [2.24, 2.45) is 0 Å². The summed E-state index contributed by atoms with van der Waals surface area (Å²) in [5.74, 6) is -36.9. The third kappa shape index (κ3) is 3.22. The van der Waals surface area contributed by atoms with E-state index in [-0.39, 0.29) is 24.1 Å². The summed E-state index contributed by atoms with van der Waals surface area (Å²) in [6.45, 7) is 3.27. The zero-order chi connectivity index (χ0) is 21.7. The van der Waals surface area contributed by atoms with Crippen LogP contribution in [0, 0.1) is 6.92 Å². The van der Waals surface area contributed by atoms with Crippen LogP contribution in [0.4, 0.5) is 57.1 Å². The molecule has 0 bridgehead atoms. The average Bonchev–Trinajstić information content (AvgIpc) is 2.53. The van der Waals surface area contributed by atoms with Crippen molar-refractivity contribution in [2.75, 3.05) is 0 Å². The van der Waals surface area contributed by atoms with Gasteiger partial charge in [0.2, 0.25) is 0 Å². The summed E-state index contributed by atoms with van der Waals surface area (Å²) in [5, 5.41) is 0. The molecule has 0 N–H and O–H groups in total. The number of benzene rings is 1. The fourth-order valence-corrected chi connectivity index (χ4v) is 1.83. The molecule has 1 rings (SSSR count).